The van der Waals surface area contributed by atoms with E-state index < -0.39 is 20.6 Å². The maximum atomic E-state index is 12.4. The molecule has 2 N–H and O–H groups in total. The second-order valence-electron chi connectivity index (χ2n) is 3.75. The smallest absolute Gasteiger partial charge is 0.304 e. The summed E-state index contributed by atoms with van der Waals surface area (Å²) in [6.07, 6.45) is 2.90. The molecule has 0 radical (unpaired) electrons. The van der Waals surface area contributed by atoms with Crippen molar-refractivity contribution < 1.29 is 13.3 Å². The molecule has 2 rings (SSSR count). The summed E-state index contributed by atoms with van der Waals surface area (Å²) < 4.78 is 25.6. The van der Waals surface area contributed by atoms with Crippen LogP contribution < -0.4 is 10.0 Å². The molecule has 2 heterocycles. The number of hydrogen-bond donors (Lipinski definition) is 1. The Labute approximate surface area is 118 Å². The number of hydrogen-bond acceptors (Lipinski definition) is 7. The van der Waals surface area contributed by atoms with Gasteiger partial charge in [-0.1, -0.05) is 11.3 Å². The van der Waals surface area contributed by atoms with Crippen LogP contribution in [0.1, 0.15) is 0 Å². The van der Waals surface area contributed by atoms with E-state index >= 15 is 0 Å². The van der Waals surface area contributed by atoms with Crippen LogP contribution in [0.3, 0.4) is 0 Å². The molecule has 0 amide bonds. The van der Waals surface area contributed by atoms with Crippen LogP contribution in [0, 0.1) is 10.1 Å². The zero-order chi connectivity index (χ0) is 14.9. The normalized spacial score (nSPS) is 11.2. The van der Waals surface area contributed by atoms with E-state index in [0.29, 0.717) is 17.0 Å². The highest BCUT2D eigenvalue weighted by Crippen LogP contribution is 2.36. The number of thiophene rings is 1. The average Bonchev–Trinajstić information content (AvgIpc) is 2.82. The van der Waals surface area contributed by atoms with Gasteiger partial charge >= 0.3 is 5.69 Å². The molecular formula is C10H10N4O4S2. The fourth-order valence-electron chi connectivity index (χ4n) is 1.47. The van der Waals surface area contributed by atoms with E-state index in [2.05, 4.69) is 4.98 Å². The van der Waals surface area contributed by atoms with E-state index in [1.165, 1.54) is 31.6 Å². The van der Waals surface area contributed by atoms with Gasteiger partial charge in [0.2, 0.25) is 0 Å². The van der Waals surface area contributed by atoms with Crippen LogP contribution in [0.4, 0.5) is 16.4 Å². The number of pyridine rings is 1. The Morgan fingerprint density at radius 2 is 2.00 bits per heavy atom. The molecule has 0 aliphatic heterocycles. The molecule has 0 aromatic carbocycles. The third-order valence-electron chi connectivity index (χ3n) is 2.56. The number of nitrogens with two attached hydrogens (primary N) is 1. The van der Waals surface area contributed by atoms with E-state index in [0.717, 1.165) is 10.4 Å². The largest absolute Gasteiger partial charge is 0.385 e. The quantitative estimate of drug-likeness (QED) is 0.674. The second-order valence-corrected chi connectivity index (χ2v) is 7.03. The van der Waals surface area contributed by atoms with Crippen molar-refractivity contribution in [3.05, 3.63) is 40.7 Å². The zero-order valence-corrected chi connectivity index (χ0v) is 11.9. The van der Waals surface area contributed by atoms with Crippen LogP contribution in [0.5, 0.6) is 0 Å². The Hall–Kier alpha value is -2.20. The predicted molar refractivity (Wildman–Crippen MR) is 75.2 cm³/mol. The fraction of sp³-hybridized carbons (Fsp3) is 0.100. The lowest BCUT2D eigenvalue weighted by Crippen LogP contribution is -2.25. The Morgan fingerprint density at radius 1 is 1.40 bits per heavy atom. The van der Waals surface area contributed by atoms with Gasteiger partial charge in [0.05, 0.1) is 10.6 Å². The first-order valence-corrected chi connectivity index (χ1v) is 7.52. The molecule has 0 saturated carbocycles. The number of nitrogens with zero attached hydrogens (tertiary/aromatic N) is 3. The molecule has 2 aromatic heterocycles. The fourth-order valence-corrected chi connectivity index (χ4v) is 4.05. The minimum absolute atomic E-state index is 0.142. The Morgan fingerprint density at radius 3 is 2.50 bits per heavy atom. The monoisotopic (exact) mass is 314 g/mol. The molecule has 0 unspecified atom stereocenters. The minimum atomic E-state index is -3.89. The molecule has 0 aliphatic rings. The van der Waals surface area contributed by atoms with E-state index in [1.54, 1.807) is 0 Å². The first-order chi connectivity index (χ1) is 9.34. The van der Waals surface area contributed by atoms with Crippen molar-refractivity contribution in [1.29, 1.82) is 0 Å². The zero-order valence-electron chi connectivity index (χ0n) is 10.3. The average molecular weight is 314 g/mol. The number of nitrogen functional groups attached to an aromatic ring is 1. The van der Waals surface area contributed by atoms with Crippen molar-refractivity contribution in [3.63, 3.8) is 0 Å². The third kappa shape index (κ3) is 2.42. The lowest BCUT2D eigenvalue weighted by molar-refractivity contribution is -0.383. The SMILES string of the molecule is CN(c1ccncc1)S(=O)(=O)c1cc([N+](=O)[O-])c(N)s1. The van der Waals surface area contributed by atoms with Crippen LogP contribution in [-0.4, -0.2) is 25.4 Å². The van der Waals surface area contributed by atoms with Gasteiger partial charge in [-0.05, 0) is 12.1 Å². The summed E-state index contributed by atoms with van der Waals surface area (Å²) in [6.45, 7) is 0. The van der Waals surface area contributed by atoms with Crippen molar-refractivity contribution >= 4 is 37.7 Å². The van der Waals surface area contributed by atoms with Crippen LogP contribution >= 0.6 is 11.3 Å². The highest BCUT2D eigenvalue weighted by Gasteiger charge is 2.28. The molecular weight excluding hydrogens is 304 g/mol. The summed E-state index contributed by atoms with van der Waals surface area (Å²) in [5.41, 5.74) is 5.45. The Kier molecular flexibility index (Phi) is 3.59. The van der Waals surface area contributed by atoms with Gasteiger partial charge in [0.15, 0.2) is 5.00 Å². The summed E-state index contributed by atoms with van der Waals surface area (Å²) in [5.74, 6) is 0. The molecule has 0 fully saturated rings. The topological polar surface area (TPSA) is 119 Å². The second kappa shape index (κ2) is 5.06. The van der Waals surface area contributed by atoms with Crippen molar-refractivity contribution in [3.8, 4) is 0 Å². The summed E-state index contributed by atoms with van der Waals surface area (Å²) in [6, 6.07) is 4.00. The van der Waals surface area contributed by atoms with Gasteiger partial charge in [-0.15, -0.1) is 0 Å². The summed E-state index contributed by atoms with van der Waals surface area (Å²) in [5, 5.41) is 10.6. The number of nitro groups is 1. The highest BCUT2D eigenvalue weighted by atomic mass is 32.2. The maximum absolute atomic E-state index is 12.4. The van der Waals surface area contributed by atoms with Gasteiger partial charge in [-0.25, -0.2) is 8.42 Å². The summed E-state index contributed by atoms with van der Waals surface area (Å²) in [4.78, 5) is 13.8. The van der Waals surface area contributed by atoms with E-state index in [-0.39, 0.29) is 9.21 Å². The summed E-state index contributed by atoms with van der Waals surface area (Å²) in [7, 11) is -2.53. The predicted octanol–water partition coefficient (Wildman–Crippen LogP) is 1.46. The van der Waals surface area contributed by atoms with Crippen LogP contribution in [0.15, 0.2) is 34.8 Å². The molecule has 0 bridgehead atoms. The van der Waals surface area contributed by atoms with Gasteiger partial charge in [-0.3, -0.25) is 19.4 Å². The van der Waals surface area contributed by atoms with Gasteiger partial charge in [0.1, 0.15) is 4.21 Å². The molecule has 8 nitrogen and oxygen atoms in total. The van der Waals surface area contributed by atoms with Gasteiger partial charge in [0, 0.05) is 25.5 Å². The Balaban J connectivity index is 2.46. The minimum Gasteiger partial charge on any atom is -0.385 e. The van der Waals surface area contributed by atoms with E-state index in [9.17, 15) is 18.5 Å². The number of anilines is 2. The molecule has 0 spiro atoms. The standard InChI is InChI=1S/C10H10N4O4S2/c1-13(7-2-4-12-5-3-7)20(17,18)9-6-8(14(15)16)10(11)19-9/h2-6H,11H2,1H3. The molecule has 0 atom stereocenters. The third-order valence-corrected chi connectivity index (χ3v) is 5.74. The summed E-state index contributed by atoms with van der Waals surface area (Å²) >= 11 is 0.663. The number of sulfonamides is 1. The van der Waals surface area contributed by atoms with E-state index in [4.69, 9.17) is 5.73 Å². The number of rotatable bonds is 4. The molecule has 10 heteroatoms. The van der Waals surface area contributed by atoms with Crippen molar-refractivity contribution in [2.45, 2.75) is 4.21 Å². The van der Waals surface area contributed by atoms with Crippen molar-refractivity contribution in [2.24, 2.45) is 0 Å². The van der Waals surface area contributed by atoms with Gasteiger partial charge < -0.3 is 5.73 Å². The lowest BCUT2D eigenvalue weighted by Gasteiger charge is -2.17. The van der Waals surface area contributed by atoms with Crippen LogP contribution in [0.25, 0.3) is 0 Å². The lowest BCUT2D eigenvalue weighted by atomic mass is 10.4. The van der Waals surface area contributed by atoms with Gasteiger partial charge in [-0.2, -0.15) is 0 Å². The first kappa shape index (κ1) is 14.2. The van der Waals surface area contributed by atoms with Crippen molar-refractivity contribution in [2.75, 3.05) is 17.1 Å². The molecule has 0 aliphatic carbocycles. The van der Waals surface area contributed by atoms with Crippen LogP contribution in [-0.2, 0) is 10.0 Å². The van der Waals surface area contributed by atoms with E-state index in [1.807, 2.05) is 0 Å². The van der Waals surface area contributed by atoms with Gasteiger partial charge in [0.25, 0.3) is 10.0 Å². The highest BCUT2D eigenvalue weighted by molar-refractivity contribution is 7.94. The molecule has 20 heavy (non-hydrogen) atoms. The molecule has 2 aromatic rings. The van der Waals surface area contributed by atoms with Crippen LogP contribution in [0.2, 0.25) is 0 Å². The van der Waals surface area contributed by atoms with Crippen molar-refractivity contribution in [1.82, 2.24) is 4.98 Å². The molecule has 0 saturated heterocycles. The Bertz CT molecular complexity index is 742. The number of aromatic nitrogens is 1. The maximum Gasteiger partial charge on any atom is 0.304 e. The first-order valence-electron chi connectivity index (χ1n) is 5.26. The molecule has 106 valence electrons.